The maximum absolute atomic E-state index is 12.4. The van der Waals surface area contributed by atoms with Crippen LogP contribution >= 0.6 is 0 Å². The first-order valence-electron chi connectivity index (χ1n) is 7.34. The molecule has 22 heavy (non-hydrogen) atoms. The molecule has 0 aliphatic rings. The first-order valence-corrected chi connectivity index (χ1v) is 8.66. The maximum atomic E-state index is 12.4. The van der Waals surface area contributed by atoms with Crippen LogP contribution in [-0.4, -0.2) is 27.3 Å². The Bertz CT molecular complexity index is 615. The highest BCUT2D eigenvalue weighted by molar-refractivity contribution is 7.85. The SMILES string of the molecule is C[C@H](CS(=O)c1ccccc1)N(C=O)[C@H](C)c1ccccc1. The topological polar surface area (TPSA) is 37.4 Å². The third-order valence-electron chi connectivity index (χ3n) is 3.76. The van der Waals surface area contributed by atoms with E-state index in [4.69, 9.17) is 0 Å². The van der Waals surface area contributed by atoms with Crippen molar-refractivity contribution in [3.8, 4) is 0 Å². The molecule has 0 aliphatic carbocycles. The standard InChI is InChI=1S/C18H21NO2S/c1-15(13-22(21)18-11-7-4-8-12-18)19(14-20)16(2)17-9-5-3-6-10-17/h3-12,14-16H,13H2,1-2H3/t15-,16-,22?/m1/s1. The van der Waals surface area contributed by atoms with E-state index in [1.807, 2.05) is 74.5 Å². The Labute approximate surface area is 134 Å². The summed E-state index contributed by atoms with van der Waals surface area (Å²) in [5, 5.41) is 0. The monoisotopic (exact) mass is 315 g/mol. The molecular formula is C18H21NO2S. The Kier molecular flexibility index (Phi) is 5.90. The lowest BCUT2D eigenvalue weighted by molar-refractivity contribution is -0.121. The minimum absolute atomic E-state index is 0.0403. The second-order valence-corrected chi connectivity index (χ2v) is 6.81. The van der Waals surface area contributed by atoms with Crippen LogP contribution in [0.25, 0.3) is 0 Å². The molecule has 0 heterocycles. The van der Waals surface area contributed by atoms with Gasteiger partial charge in [0.05, 0.1) is 16.8 Å². The van der Waals surface area contributed by atoms with Crippen LogP contribution in [0.15, 0.2) is 65.6 Å². The zero-order chi connectivity index (χ0) is 15.9. The summed E-state index contributed by atoms with van der Waals surface area (Å²) in [7, 11) is -1.11. The molecule has 0 aliphatic heterocycles. The molecular weight excluding hydrogens is 294 g/mol. The van der Waals surface area contributed by atoms with Crippen LogP contribution in [-0.2, 0) is 15.6 Å². The molecule has 116 valence electrons. The second kappa shape index (κ2) is 7.90. The second-order valence-electron chi connectivity index (χ2n) is 5.31. The Morgan fingerprint density at radius 1 is 1.00 bits per heavy atom. The fourth-order valence-electron chi connectivity index (χ4n) is 2.45. The van der Waals surface area contributed by atoms with Gasteiger partial charge in [0.25, 0.3) is 0 Å². The molecule has 0 spiro atoms. The van der Waals surface area contributed by atoms with E-state index in [1.165, 1.54) is 0 Å². The van der Waals surface area contributed by atoms with Gasteiger partial charge in [-0.25, -0.2) is 0 Å². The highest BCUT2D eigenvalue weighted by Crippen LogP contribution is 2.21. The Balaban J connectivity index is 2.07. The highest BCUT2D eigenvalue weighted by atomic mass is 32.2. The van der Waals surface area contributed by atoms with Crippen molar-refractivity contribution in [2.75, 3.05) is 5.75 Å². The van der Waals surface area contributed by atoms with Crippen LogP contribution in [0, 0.1) is 0 Å². The fourth-order valence-corrected chi connectivity index (χ4v) is 3.72. The van der Waals surface area contributed by atoms with Crippen LogP contribution in [0.2, 0.25) is 0 Å². The molecule has 2 rings (SSSR count). The van der Waals surface area contributed by atoms with Crippen molar-refractivity contribution in [2.45, 2.75) is 30.8 Å². The van der Waals surface area contributed by atoms with Gasteiger partial charge in [-0.05, 0) is 31.5 Å². The summed E-state index contributed by atoms with van der Waals surface area (Å²) >= 11 is 0. The van der Waals surface area contributed by atoms with E-state index in [0.29, 0.717) is 5.75 Å². The van der Waals surface area contributed by atoms with Crippen LogP contribution in [0.4, 0.5) is 0 Å². The summed E-state index contributed by atoms with van der Waals surface area (Å²) in [5.41, 5.74) is 1.08. The molecule has 0 bridgehead atoms. The number of amides is 1. The van der Waals surface area contributed by atoms with Crippen LogP contribution in [0.3, 0.4) is 0 Å². The molecule has 1 amide bonds. The predicted octanol–water partition coefficient (Wildman–Crippen LogP) is 3.40. The number of hydrogen-bond acceptors (Lipinski definition) is 2. The number of rotatable bonds is 7. The average molecular weight is 315 g/mol. The molecule has 3 nitrogen and oxygen atoms in total. The minimum Gasteiger partial charge on any atom is -0.335 e. The predicted molar refractivity (Wildman–Crippen MR) is 89.9 cm³/mol. The molecule has 1 unspecified atom stereocenters. The molecule has 0 saturated heterocycles. The largest absolute Gasteiger partial charge is 0.335 e. The van der Waals surface area contributed by atoms with Crippen LogP contribution in [0.1, 0.15) is 25.5 Å². The van der Waals surface area contributed by atoms with E-state index in [0.717, 1.165) is 16.9 Å². The molecule has 0 saturated carbocycles. The van der Waals surface area contributed by atoms with Gasteiger partial charge < -0.3 is 4.90 Å². The summed E-state index contributed by atoms with van der Waals surface area (Å²) in [5.74, 6) is 0.430. The van der Waals surface area contributed by atoms with E-state index in [-0.39, 0.29) is 12.1 Å². The first-order chi connectivity index (χ1) is 10.6. The zero-order valence-corrected chi connectivity index (χ0v) is 13.7. The van der Waals surface area contributed by atoms with E-state index in [2.05, 4.69) is 0 Å². The molecule has 4 heteroatoms. The quantitative estimate of drug-likeness (QED) is 0.734. The average Bonchev–Trinajstić information content (AvgIpc) is 2.57. The minimum atomic E-state index is -1.11. The van der Waals surface area contributed by atoms with E-state index < -0.39 is 10.8 Å². The Morgan fingerprint density at radius 3 is 2.09 bits per heavy atom. The van der Waals surface area contributed by atoms with Crippen molar-refractivity contribution in [2.24, 2.45) is 0 Å². The van der Waals surface area contributed by atoms with Gasteiger partial charge in [-0.3, -0.25) is 9.00 Å². The summed E-state index contributed by atoms with van der Waals surface area (Å²) in [6, 6.07) is 19.1. The van der Waals surface area contributed by atoms with Crippen molar-refractivity contribution in [1.29, 1.82) is 0 Å². The van der Waals surface area contributed by atoms with Crippen molar-refractivity contribution in [3.05, 3.63) is 66.2 Å². The lowest BCUT2D eigenvalue weighted by Crippen LogP contribution is -2.37. The maximum Gasteiger partial charge on any atom is 0.210 e. The molecule has 0 aromatic heterocycles. The molecule has 2 aromatic rings. The fraction of sp³-hybridized carbons (Fsp3) is 0.278. The van der Waals surface area contributed by atoms with E-state index in [1.54, 1.807) is 4.90 Å². The van der Waals surface area contributed by atoms with Crippen molar-refractivity contribution in [1.82, 2.24) is 4.90 Å². The Morgan fingerprint density at radius 2 is 1.55 bits per heavy atom. The normalized spacial score (nSPS) is 14.8. The van der Waals surface area contributed by atoms with Crippen LogP contribution in [0.5, 0.6) is 0 Å². The molecule has 3 atom stereocenters. The summed E-state index contributed by atoms with van der Waals surface area (Å²) in [4.78, 5) is 14.0. The zero-order valence-electron chi connectivity index (χ0n) is 12.9. The van der Waals surface area contributed by atoms with Gasteiger partial charge >= 0.3 is 0 Å². The summed E-state index contributed by atoms with van der Waals surface area (Å²) in [6.07, 6.45) is 0.852. The number of benzene rings is 2. The van der Waals surface area contributed by atoms with E-state index >= 15 is 0 Å². The van der Waals surface area contributed by atoms with Gasteiger partial charge in [-0.1, -0.05) is 48.5 Å². The van der Waals surface area contributed by atoms with Crippen molar-refractivity contribution >= 4 is 17.2 Å². The number of nitrogens with zero attached hydrogens (tertiary/aromatic N) is 1. The van der Waals surface area contributed by atoms with Gasteiger partial charge in [0.2, 0.25) is 6.41 Å². The first kappa shape index (κ1) is 16.4. The van der Waals surface area contributed by atoms with Gasteiger partial charge in [-0.2, -0.15) is 0 Å². The highest BCUT2D eigenvalue weighted by Gasteiger charge is 2.21. The van der Waals surface area contributed by atoms with Crippen molar-refractivity contribution < 1.29 is 9.00 Å². The lowest BCUT2D eigenvalue weighted by Gasteiger charge is -2.31. The van der Waals surface area contributed by atoms with Crippen molar-refractivity contribution in [3.63, 3.8) is 0 Å². The summed E-state index contributed by atoms with van der Waals surface area (Å²) in [6.45, 7) is 3.93. The lowest BCUT2D eigenvalue weighted by atomic mass is 10.1. The third-order valence-corrected chi connectivity index (χ3v) is 5.34. The van der Waals surface area contributed by atoms with Gasteiger partial charge in [0.15, 0.2) is 0 Å². The Hall–Kier alpha value is -1.94. The van der Waals surface area contributed by atoms with Gasteiger partial charge in [0.1, 0.15) is 0 Å². The smallest absolute Gasteiger partial charge is 0.210 e. The number of carbonyl (C=O) groups is 1. The number of carbonyl (C=O) groups excluding carboxylic acids is 1. The summed E-state index contributed by atoms with van der Waals surface area (Å²) < 4.78 is 12.4. The van der Waals surface area contributed by atoms with Gasteiger partial charge in [0, 0.05) is 16.7 Å². The molecule has 0 radical (unpaired) electrons. The van der Waals surface area contributed by atoms with E-state index in [9.17, 15) is 9.00 Å². The molecule has 2 aromatic carbocycles. The third kappa shape index (κ3) is 4.04. The van der Waals surface area contributed by atoms with Crippen LogP contribution < -0.4 is 0 Å². The van der Waals surface area contributed by atoms with Gasteiger partial charge in [-0.15, -0.1) is 0 Å². The number of hydrogen-bond donors (Lipinski definition) is 0. The molecule has 0 N–H and O–H groups in total. The molecule has 0 fully saturated rings.